The van der Waals surface area contributed by atoms with E-state index in [1.165, 1.54) is 0 Å². The van der Waals surface area contributed by atoms with E-state index in [4.69, 9.17) is 20.6 Å². The zero-order valence-electron chi connectivity index (χ0n) is 20.3. The lowest BCUT2D eigenvalue weighted by Crippen LogP contribution is -2.43. The molecule has 0 heterocycles. The van der Waals surface area contributed by atoms with E-state index in [9.17, 15) is 4.79 Å². The maximum Gasteiger partial charge on any atom is 0.254 e. The van der Waals surface area contributed by atoms with Crippen molar-refractivity contribution in [2.45, 2.75) is 57.1 Å². The number of ether oxygens (including phenoxy) is 3. The van der Waals surface area contributed by atoms with Crippen LogP contribution in [-0.2, 0) is 9.53 Å². The first kappa shape index (κ1) is 26.7. The minimum Gasteiger partial charge on any atom is -0.493 e. The Morgan fingerprint density at radius 1 is 1.11 bits per heavy atom. The van der Waals surface area contributed by atoms with E-state index in [2.05, 4.69) is 45.1 Å². The fraction of sp³-hybridized carbons (Fsp3) is 0.414. The van der Waals surface area contributed by atoms with Crippen molar-refractivity contribution >= 4 is 21.8 Å². The maximum absolute atomic E-state index is 13.4. The molecule has 3 rings (SSSR count). The van der Waals surface area contributed by atoms with Gasteiger partial charge in [0.2, 0.25) is 0 Å². The number of nitrogens with one attached hydrogen (secondary N) is 1. The van der Waals surface area contributed by atoms with Gasteiger partial charge in [-0.3, -0.25) is 4.79 Å². The highest BCUT2D eigenvalue weighted by Gasteiger charge is 2.31. The summed E-state index contributed by atoms with van der Waals surface area (Å²) in [6.07, 6.45) is 9.47. The molecular formula is C29H32BrNO4. The third-order valence-corrected chi connectivity index (χ3v) is 6.58. The molecule has 1 fully saturated rings. The number of halogens is 1. The molecule has 2 aromatic carbocycles. The van der Waals surface area contributed by atoms with Gasteiger partial charge in [0.25, 0.3) is 5.91 Å². The molecular weight excluding hydrogens is 506 g/mol. The van der Waals surface area contributed by atoms with E-state index in [0.717, 1.165) is 47.7 Å². The van der Waals surface area contributed by atoms with E-state index < -0.39 is 6.10 Å². The molecule has 184 valence electrons. The second-order valence-corrected chi connectivity index (χ2v) is 9.27. The van der Waals surface area contributed by atoms with E-state index in [1.807, 2.05) is 43.3 Å². The average Bonchev–Trinajstić information content (AvgIpc) is 2.88. The molecule has 1 saturated carbocycles. The number of rotatable bonds is 9. The van der Waals surface area contributed by atoms with E-state index in [1.54, 1.807) is 7.11 Å². The summed E-state index contributed by atoms with van der Waals surface area (Å²) >= 11 is 3.44. The zero-order chi connectivity index (χ0) is 25.0. The molecule has 0 aliphatic heterocycles. The van der Waals surface area contributed by atoms with Crippen LogP contribution in [0.15, 0.2) is 46.9 Å². The van der Waals surface area contributed by atoms with Crippen molar-refractivity contribution in [3.63, 3.8) is 0 Å². The van der Waals surface area contributed by atoms with Crippen LogP contribution in [0.1, 0.15) is 62.2 Å². The predicted molar refractivity (Wildman–Crippen MR) is 141 cm³/mol. The zero-order valence-corrected chi connectivity index (χ0v) is 21.9. The fourth-order valence-electron chi connectivity index (χ4n) is 4.38. The quantitative estimate of drug-likeness (QED) is 0.411. The second kappa shape index (κ2) is 13.8. The highest BCUT2D eigenvalue weighted by Crippen LogP contribution is 2.38. The van der Waals surface area contributed by atoms with Crippen LogP contribution in [0, 0.1) is 24.2 Å². The van der Waals surface area contributed by atoms with Crippen LogP contribution < -0.4 is 14.8 Å². The van der Waals surface area contributed by atoms with Crippen LogP contribution >= 0.6 is 15.9 Å². The van der Waals surface area contributed by atoms with Crippen LogP contribution in [0.5, 0.6) is 11.5 Å². The fourth-order valence-corrected chi connectivity index (χ4v) is 4.64. The highest BCUT2D eigenvalue weighted by atomic mass is 79.9. The average molecular weight is 538 g/mol. The molecule has 3 atom stereocenters. The molecule has 0 radical (unpaired) electrons. The third-order valence-electron chi connectivity index (χ3n) is 6.06. The SMILES string of the molecule is C#CCOC(C(=O)N[C@H]1CCCC[C@@H]1c1ccc(OCC#CCC)c(OC)c1)c1ccc(Br)cc1. The minimum atomic E-state index is -0.767. The first-order valence-corrected chi connectivity index (χ1v) is 12.7. The van der Waals surface area contributed by atoms with Crippen molar-refractivity contribution in [1.29, 1.82) is 0 Å². The molecule has 1 aliphatic rings. The minimum absolute atomic E-state index is 0.0180. The molecule has 0 saturated heterocycles. The van der Waals surface area contributed by atoms with Crippen LogP contribution in [0.4, 0.5) is 0 Å². The van der Waals surface area contributed by atoms with Gasteiger partial charge in [-0.1, -0.05) is 65.7 Å². The standard InChI is InChI=1S/C29H32BrNO4/c1-4-6-9-19-34-26-17-14-22(20-27(26)33-3)24-10-7-8-11-25(24)31-29(32)28(35-18-5-2)21-12-15-23(30)16-13-21/h2,12-17,20,24-25,28H,4,7-8,10-11,18-19H2,1,3H3,(H,31,32)/t24-,25+,28?/m1/s1. The number of terminal acetylenes is 1. The van der Waals surface area contributed by atoms with Crippen LogP contribution in [-0.4, -0.2) is 32.3 Å². The number of hydrogen-bond acceptors (Lipinski definition) is 4. The van der Waals surface area contributed by atoms with Crippen molar-refractivity contribution in [3.8, 4) is 35.7 Å². The lowest BCUT2D eigenvalue weighted by atomic mass is 9.79. The third kappa shape index (κ3) is 7.52. The lowest BCUT2D eigenvalue weighted by Gasteiger charge is -2.34. The summed E-state index contributed by atoms with van der Waals surface area (Å²) in [5, 5.41) is 3.26. The van der Waals surface area contributed by atoms with Gasteiger partial charge in [-0.2, -0.15) is 0 Å². The topological polar surface area (TPSA) is 56.8 Å². The van der Waals surface area contributed by atoms with E-state index >= 15 is 0 Å². The van der Waals surface area contributed by atoms with Crippen LogP contribution in [0.3, 0.4) is 0 Å². The number of hydrogen-bond donors (Lipinski definition) is 1. The molecule has 1 aliphatic carbocycles. The van der Waals surface area contributed by atoms with Crippen molar-refractivity contribution in [2.75, 3.05) is 20.3 Å². The van der Waals surface area contributed by atoms with Crippen molar-refractivity contribution < 1.29 is 19.0 Å². The number of amides is 1. The first-order valence-electron chi connectivity index (χ1n) is 11.9. The van der Waals surface area contributed by atoms with Gasteiger partial charge in [0.1, 0.15) is 13.2 Å². The van der Waals surface area contributed by atoms with E-state index in [0.29, 0.717) is 18.1 Å². The number of carbonyl (C=O) groups excluding carboxylic acids is 1. The van der Waals surface area contributed by atoms with Gasteiger partial charge in [-0.05, 0) is 48.2 Å². The maximum atomic E-state index is 13.4. The number of carbonyl (C=O) groups is 1. The van der Waals surface area contributed by atoms with Crippen molar-refractivity contribution in [2.24, 2.45) is 0 Å². The Kier molecular flexibility index (Phi) is 10.5. The molecule has 2 aromatic rings. The predicted octanol–water partition coefficient (Wildman–Crippen LogP) is 5.78. The highest BCUT2D eigenvalue weighted by molar-refractivity contribution is 9.10. The van der Waals surface area contributed by atoms with Crippen LogP contribution in [0.25, 0.3) is 0 Å². The summed E-state index contributed by atoms with van der Waals surface area (Å²) in [6, 6.07) is 13.5. The molecule has 5 nitrogen and oxygen atoms in total. The van der Waals surface area contributed by atoms with Crippen LogP contribution in [0.2, 0.25) is 0 Å². The van der Waals surface area contributed by atoms with Gasteiger partial charge in [-0.15, -0.1) is 12.3 Å². The molecule has 0 aromatic heterocycles. The normalized spacial score (nSPS) is 17.9. The van der Waals surface area contributed by atoms with Gasteiger partial charge >= 0.3 is 0 Å². The Morgan fingerprint density at radius 3 is 2.60 bits per heavy atom. The molecule has 0 spiro atoms. The van der Waals surface area contributed by atoms with Crippen molar-refractivity contribution in [1.82, 2.24) is 5.32 Å². The summed E-state index contributed by atoms with van der Waals surface area (Å²) < 4.78 is 18.1. The summed E-state index contributed by atoms with van der Waals surface area (Å²) in [5.41, 5.74) is 1.88. The summed E-state index contributed by atoms with van der Waals surface area (Å²) in [5.74, 6) is 9.76. The van der Waals surface area contributed by atoms with Gasteiger partial charge in [0, 0.05) is 22.9 Å². The summed E-state index contributed by atoms with van der Waals surface area (Å²) in [6.45, 7) is 2.38. The monoisotopic (exact) mass is 537 g/mol. The van der Waals surface area contributed by atoms with Gasteiger partial charge < -0.3 is 19.5 Å². The lowest BCUT2D eigenvalue weighted by molar-refractivity contribution is -0.133. The summed E-state index contributed by atoms with van der Waals surface area (Å²) in [4.78, 5) is 13.4. The Morgan fingerprint density at radius 2 is 1.89 bits per heavy atom. The molecule has 1 amide bonds. The molecule has 35 heavy (non-hydrogen) atoms. The molecule has 1 unspecified atom stereocenters. The number of benzene rings is 2. The largest absolute Gasteiger partial charge is 0.493 e. The summed E-state index contributed by atoms with van der Waals surface area (Å²) in [7, 11) is 1.63. The Labute approximate surface area is 217 Å². The van der Waals surface area contributed by atoms with E-state index in [-0.39, 0.29) is 24.5 Å². The molecule has 6 heteroatoms. The Bertz CT molecular complexity index is 1080. The van der Waals surface area contributed by atoms with Crippen molar-refractivity contribution in [3.05, 3.63) is 58.1 Å². The number of methoxy groups -OCH3 is 1. The first-order chi connectivity index (χ1) is 17.1. The smallest absolute Gasteiger partial charge is 0.254 e. The Balaban J connectivity index is 1.77. The molecule has 1 N–H and O–H groups in total. The van der Waals surface area contributed by atoms with Gasteiger partial charge in [0.15, 0.2) is 17.6 Å². The molecule has 0 bridgehead atoms. The Hall–Kier alpha value is -2.93. The van der Waals surface area contributed by atoms with Gasteiger partial charge in [0.05, 0.1) is 7.11 Å². The second-order valence-electron chi connectivity index (χ2n) is 8.36. The van der Waals surface area contributed by atoms with Gasteiger partial charge in [-0.25, -0.2) is 0 Å².